The first-order valence-corrected chi connectivity index (χ1v) is 8.88. The molecule has 0 bridgehead atoms. The summed E-state index contributed by atoms with van der Waals surface area (Å²) in [5.41, 5.74) is 8.50. The molecule has 2 N–H and O–H groups in total. The molecule has 0 radical (unpaired) electrons. The molecule has 0 amide bonds. The van der Waals surface area contributed by atoms with Gasteiger partial charge in [0.05, 0.1) is 32.1 Å². The van der Waals surface area contributed by atoms with Crippen LogP contribution >= 0.6 is 0 Å². The van der Waals surface area contributed by atoms with Crippen molar-refractivity contribution in [3.05, 3.63) is 23.9 Å². The Kier molecular flexibility index (Phi) is 4.85. The van der Waals surface area contributed by atoms with Gasteiger partial charge in [0.1, 0.15) is 11.9 Å². The summed E-state index contributed by atoms with van der Waals surface area (Å²) < 4.78 is 16.9. The number of anilines is 2. The summed E-state index contributed by atoms with van der Waals surface area (Å²) in [6.45, 7) is 6.16. The molecule has 8 nitrogen and oxygen atoms in total. The van der Waals surface area contributed by atoms with E-state index in [1.807, 2.05) is 19.1 Å². The number of nitrogens with zero attached hydrogens (tertiary/aromatic N) is 4. The fraction of sp³-hybridized carbons (Fsp3) is 0.500. The summed E-state index contributed by atoms with van der Waals surface area (Å²) in [7, 11) is 0. The minimum Gasteiger partial charge on any atom is -0.472 e. The standard InChI is InChI=1S/C18H23N5O3/c1-12-8-16(19)20-10-14(12)15-9-17(26-13-2-5-25-11-13)22-18(21-15)23-3-6-24-7-4-23/h8-10,13H,2-7,11H2,1H3,(H2,19,20)/t13-/m0/s1. The van der Waals surface area contributed by atoms with E-state index in [0.29, 0.717) is 37.5 Å². The van der Waals surface area contributed by atoms with Crippen LogP contribution in [-0.2, 0) is 9.47 Å². The van der Waals surface area contributed by atoms with Crippen molar-refractivity contribution in [3.8, 4) is 17.1 Å². The minimum absolute atomic E-state index is 0.0286. The third-order valence-electron chi connectivity index (χ3n) is 4.57. The van der Waals surface area contributed by atoms with Crippen molar-refractivity contribution in [2.45, 2.75) is 19.4 Å². The lowest BCUT2D eigenvalue weighted by Crippen LogP contribution is -2.37. The number of hydrogen-bond donors (Lipinski definition) is 1. The zero-order chi connectivity index (χ0) is 17.9. The lowest BCUT2D eigenvalue weighted by atomic mass is 10.1. The Morgan fingerprint density at radius 3 is 2.73 bits per heavy atom. The molecule has 0 aromatic carbocycles. The topological polar surface area (TPSA) is 95.6 Å². The van der Waals surface area contributed by atoms with E-state index in [4.69, 9.17) is 24.9 Å². The van der Waals surface area contributed by atoms with Gasteiger partial charge in [-0.3, -0.25) is 0 Å². The van der Waals surface area contributed by atoms with Crippen molar-refractivity contribution in [2.75, 3.05) is 50.2 Å². The van der Waals surface area contributed by atoms with E-state index in [0.717, 1.165) is 42.9 Å². The molecule has 4 rings (SSSR count). The molecule has 0 saturated carbocycles. The maximum Gasteiger partial charge on any atom is 0.229 e. The maximum atomic E-state index is 6.05. The van der Waals surface area contributed by atoms with Crippen molar-refractivity contribution < 1.29 is 14.2 Å². The van der Waals surface area contributed by atoms with E-state index in [9.17, 15) is 0 Å². The summed E-state index contributed by atoms with van der Waals surface area (Å²) >= 11 is 0. The SMILES string of the molecule is Cc1cc(N)ncc1-c1cc(O[C@H]2CCOC2)nc(N2CCOCC2)n1. The van der Waals surface area contributed by atoms with E-state index in [1.165, 1.54) is 0 Å². The Morgan fingerprint density at radius 1 is 1.15 bits per heavy atom. The van der Waals surface area contributed by atoms with Crippen molar-refractivity contribution in [2.24, 2.45) is 0 Å². The Morgan fingerprint density at radius 2 is 2.00 bits per heavy atom. The number of rotatable bonds is 4. The second kappa shape index (κ2) is 7.43. The van der Waals surface area contributed by atoms with Crippen LogP contribution in [0.15, 0.2) is 18.3 Å². The first-order valence-electron chi connectivity index (χ1n) is 8.88. The largest absolute Gasteiger partial charge is 0.472 e. The zero-order valence-electron chi connectivity index (χ0n) is 14.9. The average molecular weight is 357 g/mol. The lowest BCUT2D eigenvalue weighted by molar-refractivity contribution is 0.121. The summed E-state index contributed by atoms with van der Waals surface area (Å²) in [6.07, 6.45) is 2.65. The third kappa shape index (κ3) is 3.71. The molecule has 26 heavy (non-hydrogen) atoms. The highest BCUT2D eigenvalue weighted by atomic mass is 16.5. The zero-order valence-corrected chi connectivity index (χ0v) is 14.9. The number of ether oxygens (including phenoxy) is 3. The van der Waals surface area contributed by atoms with E-state index in [2.05, 4.69) is 14.9 Å². The smallest absolute Gasteiger partial charge is 0.229 e. The maximum absolute atomic E-state index is 6.05. The van der Waals surface area contributed by atoms with Crippen molar-refractivity contribution in [3.63, 3.8) is 0 Å². The second-order valence-corrected chi connectivity index (χ2v) is 6.52. The van der Waals surface area contributed by atoms with Gasteiger partial charge in [0, 0.05) is 37.3 Å². The van der Waals surface area contributed by atoms with Gasteiger partial charge in [-0.2, -0.15) is 4.98 Å². The van der Waals surface area contributed by atoms with E-state index >= 15 is 0 Å². The molecule has 2 aliphatic heterocycles. The quantitative estimate of drug-likeness (QED) is 0.878. The van der Waals surface area contributed by atoms with Gasteiger partial charge in [-0.1, -0.05) is 0 Å². The highest BCUT2D eigenvalue weighted by Crippen LogP contribution is 2.28. The van der Waals surface area contributed by atoms with Crippen molar-refractivity contribution in [1.29, 1.82) is 0 Å². The molecule has 2 aromatic rings. The summed E-state index contributed by atoms with van der Waals surface area (Å²) in [5, 5.41) is 0. The summed E-state index contributed by atoms with van der Waals surface area (Å²) in [4.78, 5) is 15.7. The van der Waals surface area contributed by atoms with Gasteiger partial charge in [-0.15, -0.1) is 0 Å². The molecule has 8 heteroatoms. The van der Waals surface area contributed by atoms with E-state index < -0.39 is 0 Å². The van der Waals surface area contributed by atoms with Crippen LogP contribution in [0.1, 0.15) is 12.0 Å². The fourth-order valence-corrected chi connectivity index (χ4v) is 3.14. The average Bonchev–Trinajstić information content (AvgIpc) is 3.15. The molecule has 2 saturated heterocycles. The van der Waals surface area contributed by atoms with Gasteiger partial charge in [-0.05, 0) is 18.6 Å². The Bertz CT molecular complexity index is 773. The third-order valence-corrected chi connectivity index (χ3v) is 4.57. The van der Waals surface area contributed by atoms with Crippen LogP contribution in [0.5, 0.6) is 5.88 Å². The molecule has 0 spiro atoms. The molecule has 2 aliphatic rings. The van der Waals surface area contributed by atoms with Gasteiger partial charge in [0.15, 0.2) is 0 Å². The number of nitrogen functional groups attached to an aromatic ring is 1. The number of pyridine rings is 1. The second-order valence-electron chi connectivity index (χ2n) is 6.52. The Labute approximate surface area is 152 Å². The molecule has 0 aliphatic carbocycles. The first kappa shape index (κ1) is 17.0. The minimum atomic E-state index is 0.0286. The molecule has 2 aromatic heterocycles. The normalized spacial score (nSPS) is 20.3. The van der Waals surface area contributed by atoms with Gasteiger partial charge < -0.3 is 24.8 Å². The fourth-order valence-electron chi connectivity index (χ4n) is 3.14. The Hall–Kier alpha value is -2.45. The number of aromatic nitrogens is 3. The van der Waals surface area contributed by atoms with Gasteiger partial charge in [0.2, 0.25) is 11.8 Å². The van der Waals surface area contributed by atoms with Crippen molar-refractivity contribution in [1.82, 2.24) is 15.0 Å². The van der Waals surface area contributed by atoms with Crippen LogP contribution < -0.4 is 15.4 Å². The van der Waals surface area contributed by atoms with Crippen LogP contribution in [0, 0.1) is 6.92 Å². The van der Waals surface area contributed by atoms with Gasteiger partial charge >= 0.3 is 0 Å². The summed E-state index contributed by atoms with van der Waals surface area (Å²) in [5.74, 6) is 1.70. The van der Waals surface area contributed by atoms with E-state index in [1.54, 1.807) is 6.20 Å². The predicted octanol–water partition coefficient (Wildman–Crippen LogP) is 1.43. The Balaban J connectivity index is 1.71. The highest BCUT2D eigenvalue weighted by molar-refractivity contribution is 5.66. The van der Waals surface area contributed by atoms with E-state index in [-0.39, 0.29) is 6.10 Å². The molecule has 0 unspecified atom stereocenters. The molecular formula is C18H23N5O3. The molecule has 4 heterocycles. The first-order chi connectivity index (χ1) is 12.7. The number of morpholine rings is 1. The molecule has 2 fully saturated rings. The van der Waals surface area contributed by atoms with Crippen LogP contribution in [0.4, 0.5) is 11.8 Å². The predicted molar refractivity (Wildman–Crippen MR) is 97.3 cm³/mol. The molecule has 1 atom stereocenters. The van der Waals surface area contributed by atoms with Crippen LogP contribution in [-0.4, -0.2) is 60.6 Å². The van der Waals surface area contributed by atoms with Crippen LogP contribution in [0.2, 0.25) is 0 Å². The van der Waals surface area contributed by atoms with Crippen LogP contribution in [0.25, 0.3) is 11.3 Å². The van der Waals surface area contributed by atoms with Crippen molar-refractivity contribution >= 4 is 11.8 Å². The van der Waals surface area contributed by atoms with Gasteiger partial charge in [0.25, 0.3) is 0 Å². The highest BCUT2D eigenvalue weighted by Gasteiger charge is 2.21. The number of hydrogen-bond acceptors (Lipinski definition) is 8. The summed E-state index contributed by atoms with van der Waals surface area (Å²) in [6, 6.07) is 3.71. The molecular weight excluding hydrogens is 334 g/mol. The lowest BCUT2D eigenvalue weighted by Gasteiger charge is -2.27. The number of aryl methyl sites for hydroxylation is 1. The monoisotopic (exact) mass is 357 g/mol. The van der Waals surface area contributed by atoms with Gasteiger partial charge in [-0.25, -0.2) is 9.97 Å². The van der Waals surface area contributed by atoms with Crippen LogP contribution in [0.3, 0.4) is 0 Å². The number of nitrogens with two attached hydrogens (primary N) is 1. The molecule has 138 valence electrons.